The summed E-state index contributed by atoms with van der Waals surface area (Å²) in [6.45, 7) is 5.86. The summed E-state index contributed by atoms with van der Waals surface area (Å²) in [5.41, 5.74) is 6.85. The Morgan fingerprint density at radius 3 is 2.42 bits per heavy atom. The second-order valence-corrected chi connectivity index (χ2v) is 9.11. The number of rotatable bonds is 6. The number of hydrogen-bond donors (Lipinski definition) is 1. The van der Waals surface area contributed by atoms with Crippen LogP contribution >= 0.6 is 0 Å². The van der Waals surface area contributed by atoms with E-state index in [-0.39, 0.29) is 19.9 Å². The molecule has 0 aromatic heterocycles. The molecular formula is C28H29NO4. The van der Waals surface area contributed by atoms with Crippen LogP contribution in [0.25, 0.3) is 11.1 Å². The highest BCUT2D eigenvalue weighted by Crippen LogP contribution is 2.51. The lowest BCUT2D eigenvalue weighted by Crippen LogP contribution is -2.22. The molecule has 1 aliphatic carbocycles. The van der Waals surface area contributed by atoms with Gasteiger partial charge in [0.15, 0.2) is 11.5 Å². The van der Waals surface area contributed by atoms with Crippen molar-refractivity contribution in [3.8, 4) is 22.6 Å². The summed E-state index contributed by atoms with van der Waals surface area (Å²) in [5.74, 6) is 1.62. The Kier molecular flexibility index (Phi) is 5.20. The quantitative estimate of drug-likeness (QED) is 0.527. The van der Waals surface area contributed by atoms with Gasteiger partial charge in [-0.2, -0.15) is 0 Å². The van der Waals surface area contributed by atoms with Crippen molar-refractivity contribution in [3.05, 3.63) is 76.9 Å². The average Bonchev–Trinajstić information content (AvgIpc) is 3.46. The van der Waals surface area contributed by atoms with Crippen LogP contribution in [0.2, 0.25) is 0 Å². The summed E-state index contributed by atoms with van der Waals surface area (Å²) in [4.78, 5) is 24.8. The molecule has 1 fully saturated rings. The predicted octanol–water partition coefficient (Wildman–Crippen LogP) is 5.75. The maximum atomic E-state index is 13.4. The van der Waals surface area contributed by atoms with E-state index in [0.29, 0.717) is 6.42 Å². The summed E-state index contributed by atoms with van der Waals surface area (Å²) in [5, 5.41) is 2.83. The van der Waals surface area contributed by atoms with E-state index >= 15 is 0 Å². The molecule has 3 aromatic carbocycles. The van der Waals surface area contributed by atoms with E-state index in [9.17, 15) is 9.59 Å². The zero-order chi connectivity index (χ0) is 23.2. The van der Waals surface area contributed by atoms with Gasteiger partial charge in [-0.1, -0.05) is 30.3 Å². The van der Waals surface area contributed by atoms with Gasteiger partial charge in [0.05, 0.1) is 5.41 Å². The molecule has 1 amide bonds. The minimum Gasteiger partial charge on any atom is -0.454 e. The Morgan fingerprint density at radius 2 is 1.70 bits per heavy atom. The number of ketones is 1. The fourth-order valence-corrected chi connectivity index (χ4v) is 4.72. The van der Waals surface area contributed by atoms with Gasteiger partial charge in [-0.3, -0.25) is 9.59 Å². The lowest BCUT2D eigenvalue weighted by molar-refractivity contribution is -0.120. The number of carbonyl (C=O) groups excluding carboxylic acids is 2. The van der Waals surface area contributed by atoms with E-state index in [1.807, 2.05) is 49.4 Å². The number of carbonyl (C=O) groups is 2. The number of ether oxygens (including phenoxy) is 2. The molecule has 1 saturated carbocycles. The number of aryl methyl sites for hydroxylation is 2. The average molecular weight is 444 g/mol. The number of nitrogens with one attached hydrogen (secondary N) is 1. The van der Waals surface area contributed by atoms with Gasteiger partial charge in [0.25, 0.3) is 0 Å². The third kappa shape index (κ3) is 3.99. The third-order valence-electron chi connectivity index (χ3n) is 6.71. The number of Topliss-reactive ketones (excluding diaryl/α,β-unsaturated/α-hetero) is 1. The zero-order valence-electron chi connectivity index (χ0n) is 19.2. The SMILES string of the molecule is CC(=O)Nc1ccc(-c2cc(CC(=O)C3(c4ccc5c(c4)OCO5)CC3)ccc2C)c(C)c1.[HH]. The van der Waals surface area contributed by atoms with E-state index in [1.54, 1.807) is 0 Å². The first-order valence-corrected chi connectivity index (χ1v) is 11.3. The summed E-state index contributed by atoms with van der Waals surface area (Å²) in [7, 11) is 0. The van der Waals surface area contributed by atoms with Crippen LogP contribution in [0.3, 0.4) is 0 Å². The van der Waals surface area contributed by atoms with Crippen molar-refractivity contribution in [2.75, 3.05) is 12.1 Å². The van der Waals surface area contributed by atoms with Crippen molar-refractivity contribution in [1.29, 1.82) is 0 Å². The van der Waals surface area contributed by atoms with Crippen LogP contribution in [-0.2, 0) is 21.4 Å². The Labute approximate surface area is 195 Å². The summed E-state index contributed by atoms with van der Waals surface area (Å²) < 4.78 is 10.9. The molecular weight excluding hydrogens is 414 g/mol. The van der Waals surface area contributed by atoms with Gasteiger partial charge in [-0.05, 0) is 84.3 Å². The molecule has 1 N–H and O–H groups in total. The Bertz CT molecular complexity index is 1280. The molecule has 0 saturated heterocycles. The van der Waals surface area contributed by atoms with E-state index in [0.717, 1.165) is 63.4 Å². The summed E-state index contributed by atoms with van der Waals surface area (Å²) in [6, 6.07) is 18.1. The van der Waals surface area contributed by atoms with Crippen molar-refractivity contribution in [3.63, 3.8) is 0 Å². The molecule has 5 nitrogen and oxygen atoms in total. The number of anilines is 1. The van der Waals surface area contributed by atoms with Gasteiger partial charge < -0.3 is 14.8 Å². The minimum absolute atomic E-state index is 0. The smallest absolute Gasteiger partial charge is 0.231 e. The predicted molar refractivity (Wildman–Crippen MR) is 130 cm³/mol. The van der Waals surface area contributed by atoms with Crippen molar-refractivity contribution < 1.29 is 20.5 Å². The molecule has 0 atom stereocenters. The molecule has 5 heteroatoms. The van der Waals surface area contributed by atoms with Gasteiger partial charge in [0.2, 0.25) is 12.7 Å². The second-order valence-electron chi connectivity index (χ2n) is 9.11. The standard InChI is InChI=1S/C28H27NO4.H2/c1-17-4-5-20(13-24(17)23-8-7-22(12-18(23)2)29-19(3)30)14-27(31)28(10-11-28)21-6-9-25-26(15-21)33-16-32-25;/h4-9,12-13,15H,10-11,14,16H2,1-3H3,(H,29,30);1H. The maximum Gasteiger partial charge on any atom is 0.231 e. The van der Waals surface area contributed by atoms with Gasteiger partial charge in [-0.25, -0.2) is 0 Å². The normalized spacial score (nSPS) is 15.2. The fourth-order valence-electron chi connectivity index (χ4n) is 4.72. The van der Waals surface area contributed by atoms with Crippen LogP contribution in [-0.4, -0.2) is 18.5 Å². The van der Waals surface area contributed by atoms with Crippen LogP contribution in [0.15, 0.2) is 54.6 Å². The molecule has 0 unspecified atom stereocenters. The molecule has 1 heterocycles. The highest BCUT2D eigenvalue weighted by atomic mass is 16.7. The first kappa shape index (κ1) is 21.3. The number of amides is 1. The van der Waals surface area contributed by atoms with Crippen LogP contribution in [0, 0.1) is 13.8 Å². The highest BCUT2D eigenvalue weighted by molar-refractivity contribution is 5.95. The van der Waals surface area contributed by atoms with Crippen molar-refractivity contribution in [2.45, 2.75) is 45.4 Å². The van der Waals surface area contributed by atoms with Gasteiger partial charge in [0, 0.05) is 20.5 Å². The molecule has 2 aliphatic rings. The highest BCUT2D eigenvalue weighted by Gasteiger charge is 2.50. The number of benzene rings is 3. The zero-order valence-corrected chi connectivity index (χ0v) is 19.2. The molecule has 5 rings (SSSR count). The number of fused-ring (bicyclic) bond motifs is 1. The Hall–Kier alpha value is -3.60. The first-order chi connectivity index (χ1) is 15.9. The van der Waals surface area contributed by atoms with Gasteiger partial charge >= 0.3 is 0 Å². The Morgan fingerprint density at radius 1 is 0.909 bits per heavy atom. The topological polar surface area (TPSA) is 64.6 Å². The third-order valence-corrected chi connectivity index (χ3v) is 6.71. The van der Waals surface area contributed by atoms with Crippen molar-refractivity contribution in [1.82, 2.24) is 0 Å². The van der Waals surface area contributed by atoms with Crippen LogP contribution in [0.4, 0.5) is 5.69 Å². The van der Waals surface area contributed by atoms with Crippen molar-refractivity contribution in [2.24, 2.45) is 0 Å². The molecule has 33 heavy (non-hydrogen) atoms. The van der Waals surface area contributed by atoms with E-state index in [4.69, 9.17) is 9.47 Å². The molecule has 0 radical (unpaired) electrons. The van der Waals surface area contributed by atoms with Gasteiger partial charge in [-0.15, -0.1) is 0 Å². The molecule has 1 aliphatic heterocycles. The minimum atomic E-state index is -0.415. The molecule has 3 aromatic rings. The Balaban J connectivity index is 0.00000274. The monoisotopic (exact) mass is 443 g/mol. The first-order valence-electron chi connectivity index (χ1n) is 11.3. The fraction of sp³-hybridized carbons (Fsp3) is 0.286. The molecule has 170 valence electrons. The molecule has 0 bridgehead atoms. The summed E-state index contributed by atoms with van der Waals surface area (Å²) >= 11 is 0. The lowest BCUT2D eigenvalue weighted by Gasteiger charge is -2.17. The van der Waals surface area contributed by atoms with Crippen LogP contribution in [0.5, 0.6) is 11.5 Å². The summed E-state index contributed by atoms with van der Waals surface area (Å²) in [6.07, 6.45) is 2.13. The number of hydrogen-bond acceptors (Lipinski definition) is 4. The van der Waals surface area contributed by atoms with Crippen molar-refractivity contribution >= 4 is 17.4 Å². The lowest BCUT2D eigenvalue weighted by atomic mass is 9.86. The second kappa shape index (κ2) is 8.07. The van der Waals surface area contributed by atoms with E-state index < -0.39 is 5.41 Å². The van der Waals surface area contributed by atoms with Gasteiger partial charge in [0.1, 0.15) is 5.78 Å². The van der Waals surface area contributed by atoms with Crippen LogP contribution in [0.1, 0.15) is 43.4 Å². The largest absolute Gasteiger partial charge is 0.454 e. The van der Waals surface area contributed by atoms with E-state index in [2.05, 4.69) is 24.4 Å². The van der Waals surface area contributed by atoms with Crippen LogP contribution < -0.4 is 14.8 Å². The van der Waals surface area contributed by atoms with E-state index in [1.165, 1.54) is 6.92 Å². The maximum absolute atomic E-state index is 13.4. The molecule has 0 spiro atoms.